The maximum absolute atomic E-state index is 12.9. The van der Waals surface area contributed by atoms with E-state index in [0.717, 1.165) is 37.4 Å². The lowest BCUT2D eigenvalue weighted by atomic mass is 10.1. The zero-order chi connectivity index (χ0) is 17.6. The number of amides is 2. The number of hydrogen-bond donors (Lipinski definition) is 2. The van der Waals surface area contributed by atoms with Crippen LogP contribution in [0, 0.1) is 0 Å². The molecule has 2 unspecified atom stereocenters. The van der Waals surface area contributed by atoms with Crippen LogP contribution in [0.4, 0.5) is 0 Å². The standard InChI is InChI=1S/C18H27N3O2S2/c1-2-3-15(20-17(22)10-14-12-24-9-6-19-14)18(23)21-7-4-16-13(11-21)5-8-25-16/h5,8,14-15,19H,2-4,6-7,9-12H2,1H3,(H,20,22). The highest BCUT2D eigenvalue weighted by molar-refractivity contribution is 7.99. The van der Waals surface area contributed by atoms with Crippen LogP contribution in [-0.4, -0.2) is 53.4 Å². The molecule has 2 aliphatic heterocycles. The van der Waals surface area contributed by atoms with Crippen LogP contribution in [0.3, 0.4) is 0 Å². The van der Waals surface area contributed by atoms with Crippen LogP contribution in [-0.2, 0) is 22.6 Å². The van der Waals surface area contributed by atoms with Crippen molar-refractivity contribution in [3.63, 3.8) is 0 Å². The molecule has 1 saturated heterocycles. The van der Waals surface area contributed by atoms with Crippen molar-refractivity contribution in [1.29, 1.82) is 0 Å². The van der Waals surface area contributed by atoms with Crippen LogP contribution >= 0.6 is 23.1 Å². The average Bonchev–Trinajstić information content (AvgIpc) is 3.09. The first-order chi connectivity index (χ1) is 12.2. The van der Waals surface area contributed by atoms with Crippen molar-refractivity contribution in [1.82, 2.24) is 15.5 Å². The fourth-order valence-electron chi connectivity index (χ4n) is 3.43. The van der Waals surface area contributed by atoms with Crippen molar-refractivity contribution in [3.05, 3.63) is 21.9 Å². The SMILES string of the molecule is CCCC(NC(=O)CC1CSCCN1)C(=O)N1CCc2sccc2C1. The Kier molecular flexibility index (Phi) is 6.78. The summed E-state index contributed by atoms with van der Waals surface area (Å²) in [6, 6.07) is 1.94. The second-order valence-electron chi connectivity index (χ2n) is 6.72. The summed E-state index contributed by atoms with van der Waals surface area (Å²) < 4.78 is 0. The zero-order valence-electron chi connectivity index (χ0n) is 14.8. The lowest BCUT2D eigenvalue weighted by Gasteiger charge is -2.31. The van der Waals surface area contributed by atoms with Crippen molar-refractivity contribution >= 4 is 34.9 Å². The lowest BCUT2D eigenvalue weighted by molar-refractivity contribution is -0.137. The van der Waals surface area contributed by atoms with Gasteiger partial charge in [0.25, 0.3) is 0 Å². The lowest BCUT2D eigenvalue weighted by Crippen LogP contribution is -2.51. The first-order valence-electron chi connectivity index (χ1n) is 9.12. The Bertz CT molecular complexity index is 599. The van der Waals surface area contributed by atoms with E-state index < -0.39 is 6.04 Å². The molecule has 25 heavy (non-hydrogen) atoms. The van der Waals surface area contributed by atoms with Crippen molar-refractivity contribution in [2.24, 2.45) is 0 Å². The van der Waals surface area contributed by atoms with Gasteiger partial charge >= 0.3 is 0 Å². The van der Waals surface area contributed by atoms with E-state index in [1.165, 1.54) is 10.4 Å². The zero-order valence-corrected chi connectivity index (χ0v) is 16.4. The van der Waals surface area contributed by atoms with Gasteiger partial charge in [-0.05, 0) is 29.9 Å². The predicted molar refractivity (Wildman–Crippen MR) is 104 cm³/mol. The number of rotatable bonds is 6. The minimum Gasteiger partial charge on any atom is -0.344 e. The van der Waals surface area contributed by atoms with Gasteiger partial charge in [0.15, 0.2) is 0 Å². The number of thiophene rings is 1. The van der Waals surface area contributed by atoms with E-state index in [2.05, 4.69) is 29.0 Å². The van der Waals surface area contributed by atoms with Crippen LogP contribution in [0.5, 0.6) is 0 Å². The number of fused-ring (bicyclic) bond motifs is 1. The monoisotopic (exact) mass is 381 g/mol. The van der Waals surface area contributed by atoms with Gasteiger partial charge in [-0.1, -0.05) is 13.3 Å². The molecule has 3 heterocycles. The Morgan fingerprint density at radius 2 is 2.36 bits per heavy atom. The van der Waals surface area contributed by atoms with Gasteiger partial charge in [-0.2, -0.15) is 11.8 Å². The molecule has 1 aromatic rings. The number of nitrogens with one attached hydrogen (secondary N) is 2. The van der Waals surface area contributed by atoms with Gasteiger partial charge in [-0.25, -0.2) is 0 Å². The second-order valence-corrected chi connectivity index (χ2v) is 8.87. The Labute approximate surface area is 157 Å². The highest BCUT2D eigenvalue weighted by Crippen LogP contribution is 2.24. The van der Waals surface area contributed by atoms with Crippen LogP contribution in [0.2, 0.25) is 0 Å². The van der Waals surface area contributed by atoms with Crippen molar-refractivity contribution in [2.45, 2.75) is 51.2 Å². The molecule has 5 nitrogen and oxygen atoms in total. The molecular weight excluding hydrogens is 354 g/mol. The van der Waals surface area contributed by atoms with Gasteiger partial charge < -0.3 is 15.5 Å². The fourth-order valence-corrected chi connectivity index (χ4v) is 5.27. The summed E-state index contributed by atoms with van der Waals surface area (Å²) in [4.78, 5) is 28.7. The molecule has 0 spiro atoms. The number of hydrogen-bond acceptors (Lipinski definition) is 5. The molecule has 0 radical (unpaired) electrons. The molecule has 2 amide bonds. The summed E-state index contributed by atoms with van der Waals surface area (Å²) in [5.41, 5.74) is 1.26. The van der Waals surface area contributed by atoms with E-state index in [-0.39, 0.29) is 17.9 Å². The maximum atomic E-state index is 12.9. The maximum Gasteiger partial charge on any atom is 0.245 e. The smallest absolute Gasteiger partial charge is 0.245 e. The molecule has 0 bridgehead atoms. The molecule has 3 rings (SSSR count). The third-order valence-corrected chi connectivity index (χ3v) is 6.91. The van der Waals surface area contributed by atoms with Gasteiger partial charge in [0, 0.05) is 48.5 Å². The van der Waals surface area contributed by atoms with E-state index >= 15 is 0 Å². The van der Waals surface area contributed by atoms with Gasteiger partial charge in [0.05, 0.1) is 0 Å². The summed E-state index contributed by atoms with van der Waals surface area (Å²) in [6.45, 7) is 4.44. The minimum atomic E-state index is -0.395. The quantitative estimate of drug-likeness (QED) is 0.791. The van der Waals surface area contributed by atoms with Crippen LogP contribution < -0.4 is 10.6 Å². The predicted octanol–water partition coefficient (Wildman–Crippen LogP) is 2.01. The van der Waals surface area contributed by atoms with E-state index in [4.69, 9.17) is 0 Å². The minimum absolute atomic E-state index is 0.0139. The largest absolute Gasteiger partial charge is 0.344 e. The number of nitrogens with zero attached hydrogens (tertiary/aromatic N) is 1. The first-order valence-corrected chi connectivity index (χ1v) is 11.1. The highest BCUT2D eigenvalue weighted by atomic mass is 32.2. The van der Waals surface area contributed by atoms with Gasteiger partial charge in [0.1, 0.15) is 6.04 Å². The molecule has 1 fully saturated rings. The average molecular weight is 382 g/mol. The van der Waals surface area contributed by atoms with Gasteiger partial charge in [-0.15, -0.1) is 11.3 Å². The fraction of sp³-hybridized carbons (Fsp3) is 0.667. The Morgan fingerprint density at radius 3 is 3.12 bits per heavy atom. The molecule has 0 aliphatic carbocycles. The molecule has 2 aliphatic rings. The number of carbonyl (C=O) groups excluding carboxylic acids is 2. The summed E-state index contributed by atoms with van der Waals surface area (Å²) in [7, 11) is 0. The van der Waals surface area contributed by atoms with E-state index in [1.54, 1.807) is 11.3 Å². The first kappa shape index (κ1) is 18.7. The van der Waals surface area contributed by atoms with Gasteiger partial charge in [-0.3, -0.25) is 9.59 Å². The van der Waals surface area contributed by atoms with Gasteiger partial charge in [0.2, 0.25) is 11.8 Å². The second kappa shape index (κ2) is 9.05. The molecule has 0 saturated carbocycles. The van der Waals surface area contributed by atoms with E-state index in [9.17, 15) is 9.59 Å². The summed E-state index contributed by atoms with van der Waals surface area (Å²) in [5, 5.41) is 8.48. The van der Waals surface area contributed by atoms with E-state index in [0.29, 0.717) is 19.4 Å². The number of thioether (sulfide) groups is 1. The van der Waals surface area contributed by atoms with Crippen LogP contribution in [0.15, 0.2) is 11.4 Å². The van der Waals surface area contributed by atoms with E-state index in [1.807, 2.05) is 16.7 Å². The Balaban J connectivity index is 1.56. The normalized spacial score (nSPS) is 21.5. The van der Waals surface area contributed by atoms with Crippen molar-refractivity contribution in [3.8, 4) is 0 Å². The summed E-state index contributed by atoms with van der Waals surface area (Å²) in [6.07, 6.45) is 2.96. The summed E-state index contributed by atoms with van der Waals surface area (Å²) in [5.74, 6) is 2.12. The highest BCUT2D eigenvalue weighted by Gasteiger charge is 2.29. The molecular formula is C18H27N3O2S2. The molecule has 7 heteroatoms. The van der Waals surface area contributed by atoms with Crippen LogP contribution in [0.1, 0.15) is 36.6 Å². The topological polar surface area (TPSA) is 61.4 Å². The third-order valence-electron chi connectivity index (χ3n) is 4.76. The third kappa shape index (κ3) is 4.99. The molecule has 1 aromatic heterocycles. The molecule has 2 atom stereocenters. The Hall–Kier alpha value is -1.05. The molecule has 138 valence electrons. The molecule has 0 aromatic carbocycles. The molecule has 2 N–H and O–H groups in total. The van der Waals surface area contributed by atoms with Crippen molar-refractivity contribution < 1.29 is 9.59 Å². The van der Waals surface area contributed by atoms with Crippen LogP contribution in [0.25, 0.3) is 0 Å². The number of carbonyl (C=O) groups is 2. The summed E-state index contributed by atoms with van der Waals surface area (Å²) >= 11 is 3.65. The Morgan fingerprint density at radius 1 is 1.48 bits per heavy atom. The van der Waals surface area contributed by atoms with Crippen molar-refractivity contribution in [2.75, 3.05) is 24.6 Å².